The number of alkyl carbamates (subject to hydrolysis) is 1. The third kappa shape index (κ3) is 12.0. The molecule has 0 aromatic rings. The zero-order valence-corrected chi connectivity index (χ0v) is 14.0. The molecule has 3 N–H and O–H groups in total. The largest absolute Gasteiger partial charge is 0.480 e. The molecule has 0 aliphatic carbocycles. The molecule has 0 heterocycles. The fourth-order valence-electron chi connectivity index (χ4n) is 1.69. The lowest BCUT2D eigenvalue weighted by atomic mass is 10.1. The molecule has 0 rings (SSSR count). The summed E-state index contributed by atoms with van der Waals surface area (Å²) in [4.78, 5) is 34.0. The Morgan fingerprint density at radius 2 is 1.91 bits per heavy atom. The van der Waals surface area contributed by atoms with Crippen LogP contribution in [-0.4, -0.2) is 41.3 Å². The summed E-state index contributed by atoms with van der Waals surface area (Å²) in [5, 5.41) is 14.1. The summed E-state index contributed by atoms with van der Waals surface area (Å²) < 4.78 is 5.08. The van der Waals surface area contributed by atoms with E-state index in [-0.39, 0.29) is 25.2 Å². The van der Waals surface area contributed by atoms with E-state index >= 15 is 0 Å². The van der Waals surface area contributed by atoms with E-state index in [0.29, 0.717) is 19.4 Å². The zero-order valence-electron chi connectivity index (χ0n) is 14.0. The number of unbranched alkanes of at least 4 members (excludes halogenated alkanes) is 1. The average molecular weight is 326 g/mol. The number of rotatable bonds is 9. The summed E-state index contributed by atoms with van der Waals surface area (Å²) in [7, 11) is 0. The van der Waals surface area contributed by atoms with Gasteiger partial charge in [0.15, 0.2) is 0 Å². The van der Waals surface area contributed by atoms with Crippen molar-refractivity contribution in [3.05, 3.63) is 0 Å². The number of terminal acetylenes is 1. The van der Waals surface area contributed by atoms with Gasteiger partial charge < -0.3 is 20.5 Å². The lowest BCUT2D eigenvalue weighted by Gasteiger charge is -2.19. The number of amides is 2. The predicted octanol–water partition coefficient (Wildman–Crippen LogP) is 1.66. The van der Waals surface area contributed by atoms with Crippen LogP contribution in [0, 0.1) is 12.3 Å². The fourth-order valence-corrected chi connectivity index (χ4v) is 1.69. The normalized spacial score (nSPS) is 11.9. The van der Waals surface area contributed by atoms with E-state index in [1.807, 2.05) is 0 Å². The third-order valence-corrected chi connectivity index (χ3v) is 2.72. The number of ether oxygens (including phenoxy) is 1. The lowest BCUT2D eigenvalue weighted by Crippen LogP contribution is -2.40. The van der Waals surface area contributed by atoms with Gasteiger partial charge in [-0.15, -0.1) is 12.3 Å². The number of hydrogen-bond acceptors (Lipinski definition) is 4. The minimum Gasteiger partial charge on any atom is -0.480 e. The standard InChI is InChI=1S/C16H26N2O5/c1-5-6-10-13(19)18-12(14(20)21)9-7-8-11-17-15(22)23-16(2,3)4/h1,12H,6-11H2,2-4H3,(H,17,22)(H,18,19)(H,20,21). The second-order valence-corrected chi connectivity index (χ2v) is 6.09. The van der Waals surface area contributed by atoms with Crippen molar-refractivity contribution in [2.24, 2.45) is 0 Å². The summed E-state index contributed by atoms with van der Waals surface area (Å²) >= 11 is 0. The van der Waals surface area contributed by atoms with Crippen molar-refractivity contribution in [2.75, 3.05) is 6.54 Å². The number of carbonyl (C=O) groups excluding carboxylic acids is 2. The molecule has 0 saturated carbocycles. The molecule has 2 amide bonds. The summed E-state index contributed by atoms with van der Waals surface area (Å²) in [6, 6.07) is -0.943. The van der Waals surface area contributed by atoms with Gasteiger partial charge in [-0.05, 0) is 40.0 Å². The molecule has 7 nitrogen and oxygen atoms in total. The van der Waals surface area contributed by atoms with Crippen molar-refractivity contribution in [3.63, 3.8) is 0 Å². The zero-order chi connectivity index (χ0) is 17.9. The molecule has 0 radical (unpaired) electrons. The number of aliphatic carboxylic acids is 1. The summed E-state index contributed by atoms with van der Waals surface area (Å²) in [5.41, 5.74) is -0.554. The monoisotopic (exact) mass is 326 g/mol. The van der Waals surface area contributed by atoms with Gasteiger partial charge in [0.2, 0.25) is 5.91 Å². The Labute approximate surface area is 137 Å². The van der Waals surface area contributed by atoms with Crippen molar-refractivity contribution in [3.8, 4) is 12.3 Å². The Kier molecular flexibility index (Phi) is 9.47. The maximum absolute atomic E-state index is 11.5. The first-order valence-corrected chi connectivity index (χ1v) is 7.58. The van der Waals surface area contributed by atoms with Crippen LogP contribution in [0.2, 0.25) is 0 Å². The highest BCUT2D eigenvalue weighted by atomic mass is 16.6. The van der Waals surface area contributed by atoms with Crippen LogP contribution in [0.3, 0.4) is 0 Å². The highest BCUT2D eigenvalue weighted by Crippen LogP contribution is 2.07. The Morgan fingerprint density at radius 1 is 1.26 bits per heavy atom. The van der Waals surface area contributed by atoms with Crippen LogP contribution in [0.15, 0.2) is 0 Å². The minimum absolute atomic E-state index is 0.112. The van der Waals surface area contributed by atoms with Crippen LogP contribution in [0.4, 0.5) is 4.79 Å². The van der Waals surface area contributed by atoms with Gasteiger partial charge in [-0.1, -0.05) is 0 Å². The first-order valence-electron chi connectivity index (χ1n) is 7.58. The first-order chi connectivity index (χ1) is 10.7. The molecule has 0 aliphatic heterocycles. The van der Waals surface area contributed by atoms with E-state index in [1.54, 1.807) is 20.8 Å². The van der Waals surface area contributed by atoms with Gasteiger partial charge in [-0.3, -0.25) is 4.79 Å². The van der Waals surface area contributed by atoms with E-state index in [2.05, 4.69) is 16.6 Å². The molecule has 0 saturated heterocycles. The van der Waals surface area contributed by atoms with Gasteiger partial charge in [0.1, 0.15) is 11.6 Å². The van der Waals surface area contributed by atoms with Gasteiger partial charge in [0, 0.05) is 19.4 Å². The highest BCUT2D eigenvalue weighted by Gasteiger charge is 2.19. The summed E-state index contributed by atoms with van der Waals surface area (Å²) in [5.74, 6) is 0.870. The quantitative estimate of drug-likeness (QED) is 0.441. The lowest BCUT2D eigenvalue weighted by molar-refractivity contribution is -0.142. The van der Waals surface area contributed by atoms with Crippen LogP contribution < -0.4 is 10.6 Å². The maximum Gasteiger partial charge on any atom is 0.407 e. The van der Waals surface area contributed by atoms with Crippen molar-refractivity contribution < 1.29 is 24.2 Å². The molecular formula is C16H26N2O5. The highest BCUT2D eigenvalue weighted by molar-refractivity contribution is 5.83. The van der Waals surface area contributed by atoms with E-state index in [9.17, 15) is 14.4 Å². The Hall–Kier alpha value is -2.23. The van der Waals surface area contributed by atoms with Crippen molar-refractivity contribution >= 4 is 18.0 Å². The third-order valence-electron chi connectivity index (χ3n) is 2.72. The van der Waals surface area contributed by atoms with E-state index < -0.39 is 23.7 Å². The average Bonchev–Trinajstić information content (AvgIpc) is 2.41. The van der Waals surface area contributed by atoms with Crippen molar-refractivity contribution in [1.82, 2.24) is 10.6 Å². The van der Waals surface area contributed by atoms with Gasteiger partial charge in [0.25, 0.3) is 0 Å². The molecule has 0 bridgehead atoms. The van der Waals surface area contributed by atoms with Gasteiger partial charge in [-0.2, -0.15) is 0 Å². The van der Waals surface area contributed by atoms with Crippen LogP contribution in [0.1, 0.15) is 52.9 Å². The molecule has 1 atom stereocenters. The van der Waals surface area contributed by atoms with Gasteiger partial charge in [-0.25, -0.2) is 9.59 Å². The molecular weight excluding hydrogens is 300 g/mol. The summed E-state index contributed by atoms with van der Waals surface area (Å²) in [6.45, 7) is 5.69. The van der Waals surface area contributed by atoms with Crippen LogP contribution in [0.5, 0.6) is 0 Å². The molecule has 7 heteroatoms. The smallest absolute Gasteiger partial charge is 0.407 e. The minimum atomic E-state index is -1.08. The number of carbonyl (C=O) groups is 3. The number of carboxylic acids is 1. The number of carboxylic acid groups (broad SMARTS) is 1. The molecule has 23 heavy (non-hydrogen) atoms. The SMILES string of the molecule is C#CCCC(=O)NC(CCCCNC(=O)OC(C)(C)C)C(=O)O. The van der Waals surface area contributed by atoms with E-state index in [0.717, 1.165) is 0 Å². The topological polar surface area (TPSA) is 105 Å². The fraction of sp³-hybridized carbons (Fsp3) is 0.688. The van der Waals surface area contributed by atoms with Crippen molar-refractivity contribution in [2.45, 2.75) is 64.5 Å². The molecule has 0 fully saturated rings. The van der Waals surface area contributed by atoms with Crippen LogP contribution >= 0.6 is 0 Å². The molecule has 130 valence electrons. The Balaban J connectivity index is 3.98. The van der Waals surface area contributed by atoms with E-state index in [1.165, 1.54) is 0 Å². The van der Waals surface area contributed by atoms with Crippen LogP contribution in [0.25, 0.3) is 0 Å². The van der Waals surface area contributed by atoms with Gasteiger partial charge in [0.05, 0.1) is 0 Å². The first kappa shape index (κ1) is 20.8. The molecule has 1 unspecified atom stereocenters. The molecule has 0 aromatic carbocycles. The van der Waals surface area contributed by atoms with Gasteiger partial charge >= 0.3 is 12.1 Å². The molecule has 0 aromatic heterocycles. The molecule has 0 aliphatic rings. The second-order valence-electron chi connectivity index (χ2n) is 6.09. The van der Waals surface area contributed by atoms with E-state index in [4.69, 9.17) is 16.3 Å². The maximum atomic E-state index is 11.5. The van der Waals surface area contributed by atoms with Crippen molar-refractivity contribution in [1.29, 1.82) is 0 Å². The number of hydrogen-bond donors (Lipinski definition) is 3. The second kappa shape index (κ2) is 10.5. The van der Waals surface area contributed by atoms with Crippen LogP contribution in [-0.2, 0) is 14.3 Å². The number of nitrogens with one attached hydrogen (secondary N) is 2. The summed E-state index contributed by atoms with van der Waals surface area (Å²) in [6.07, 6.45) is 6.35. The Bertz CT molecular complexity index is 448. The predicted molar refractivity (Wildman–Crippen MR) is 85.7 cm³/mol. The Morgan fingerprint density at radius 3 is 2.43 bits per heavy atom. The molecule has 0 spiro atoms.